The van der Waals surface area contributed by atoms with Crippen LogP contribution in [0.1, 0.15) is 30.1 Å². The van der Waals surface area contributed by atoms with Crippen LogP contribution in [0.2, 0.25) is 0 Å². The lowest BCUT2D eigenvalue weighted by Gasteiger charge is -2.09. The highest BCUT2D eigenvalue weighted by Crippen LogP contribution is 2.16. The minimum Gasteiger partial charge on any atom is -0.283 e. The van der Waals surface area contributed by atoms with Crippen LogP contribution in [0.15, 0.2) is 24.3 Å². The topological polar surface area (TPSA) is 87.0 Å². The maximum Gasteiger partial charge on any atom is 0.271 e. The summed E-state index contributed by atoms with van der Waals surface area (Å²) >= 11 is 0. The molecule has 1 aromatic carbocycles. The van der Waals surface area contributed by atoms with Crippen LogP contribution < -0.4 is 10.5 Å². The van der Waals surface area contributed by atoms with E-state index in [4.69, 9.17) is 5.73 Å². The van der Waals surface area contributed by atoms with Crippen LogP contribution in [-0.2, 0) is 10.0 Å². The Bertz CT molecular complexity index is 497. The molecule has 93 valence electrons. The zero-order valence-electron chi connectivity index (χ0n) is 9.56. The third-order valence-corrected chi connectivity index (χ3v) is 3.56. The Morgan fingerprint density at radius 2 is 2.00 bits per heavy atom. The molecule has 0 aliphatic carbocycles. The number of hydrogen-bond donors (Lipinski definition) is 1. The lowest BCUT2D eigenvalue weighted by atomic mass is 10.2. The number of amides is 1. The van der Waals surface area contributed by atoms with Gasteiger partial charge >= 0.3 is 0 Å². The molecule has 0 fully saturated rings. The second kappa shape index (κ2) is 5.67. The first kappa shape index (κ1) is 13.5. The Hall–Kier alpha value is -1.56. The molecule has 0 aliphatic heterocycles. The molecule has 2 N–H and O–H groups in total. The van der Waals surface area contributed by atoms with Gasteiger partial charge in [0.1, 0.15) is 0 Å². The first-order valence-electron chi connectivity index (χ1n) is 5.31. The first-order valence-corrected chi connectivity index (χ1v) is 6.97. The fraction of sp³-hybridized carbons (Fsp3) is 0.364. The molecule has 17 heavy (non-hydrogen) atoms. The second-order valence-corrected chi connectivity index (χ2v) is 5.49. The summed E-state index contributed by atoms with van der Waals surface area (Å²) in [5.41, 5.74) is 7.26. The highest BCUT2D eigenvalue weighted by molar-refractivity contribution is 7.92. The zero-order valence-corrected chi connectivity index (χ0v) is 10.4. The van der Waals surface area contributed by atoms with E-state index in [-0.39, 0.29) is 17.0 Å². The van der Waals surface area contributed by atoms with Gasteiger partial charge in [-0.25, -0.2) is 8.42 Å². The lowest BCUT2D eigenvalue weighted by Crippen LogP contribution is -2.18. The van der Waals surface area contributed by atoms with Gasteiger partial charge in [-0.3, -0.25) is 15.3 Å². The molecule has 1 rings (SSSR count). The standard InChI is InChI=1S/C11H15N2O3S/c1-2-3-8-17(15,16)13-10-7-5-4-6-9(10)11(12)14/h4-7,12-13H,2-3,8H2,1H3. The van der Waals surface area contributed by atoms with Crippen molar-refractivity contribution in [3.05, 3.63) is 29.8 Å². The van der Waals surface area contributed by atoms with E-state index in [2.05, 4.69) is 4.72 Å². The van der Waals surface area contributed by atoms with Crippen molar-refractivity contribution in [2.75, 3.05) is 10.5 Å². The summed E-state index contributed by atoms with van der Waals surface area (Å²) in [7, 11) is -3.44. The smallest absolute Gasteiger partial charge is 0.271 e. The number of para-hydroxylation sites is 1. The van der Waals surface area contributed by atoms with Crippen molar-refractivity contribution < 1.29 is 13.2 Å². The molecule has 0 saturated carbocycles. The monoisotopic (exact) mass is 255 g/mol. The van der Waals surface area contributed by atoms with Gasteiger partial charge in [0.2, 0.25) is 10.0 Å². The van der Waals surface area contributed by atoms with Crippen molar-refractivity contribution in [1.29, 1.82) is 0 Å². The average Bonchev–Trinajstić information content (AvgIpc) is 2.26. The SMILES string of the molecule is CCCCS(=O)(=O)Nc1ccccc1C([NH])=O. The molecule has 5 nitrogen and oxygen atoms in total. The van der Waals surface area contributed by atoms with E-state index in [0.717, 1.165) is 6.42 Å². The van der Waals surface area contributed by atoms with E-state index in [1.54, 1.807) is 12.1 Å². The Balaban J connectivity index is 2.92. The van der Waals surface area contributed by atoms with Gasteiger partial charge in [0, 0.05) is 0 Å². The van der Waals surface area contributed by atoms with E-state index in [0.29, 0.717) is 6.42 Å². The lowest BCUT2D eigenvalue weighted by molar-refractivity contribution is 0.0993. The van der Waals surface area contributed by atoms with Crippen LogP contribution >= 0.6 is 0 Å². The van der Waals surface area contributed by atoms with Gasteiger partial charge in [-0.2, -0.15) is 0 Å². The number of hydrogen-bond acceptors (Lipinski definition) is 3. The number of rotatable bonds is 6. The van der Waals surface area contributed by atoms with Gasteiger partial charge < -0.3 is 0 Å². The molecule has 1 aromatic rings. The van der Waals surface area contributed by atoms with E-state index in [1.165, 1.54) is 12.1 Å². The molecular formula is C11H15N2O3S. The summed E-state index contributed by atoms with van der Waals surface area (Å²) in [6.07, 6.45) is 1.34. The number of sulfonamides is 1. The van der Waals surface area contributed by atoms with E-state index in [1.807, 2.05) is 6.92 Å². The molecule has 0 aliphatic rings. The maximum absolute atomic E-state index is 11.7. The third-order valence-electron chi connectivity index (χ3n) is 2.20. The molecule has 1 radical (unpaired) electrons. The van der Waals surface area contributed by atoms with Crippen LogP contribution in [-0.4, -0.2) is 20.1 Å². The summed E-state index contributed by atoms with van der Waals surface area (Å²) in [5, 5.41) is 0. The minimum absolute atomic E-state index is 0.0179. The molecular weight excluding hydrogens is 240 g/mol. The molecule has 0 unspecified atom stereocenters. The van der Waals surface area contributed by atoms with Gasteiger partial charge in [-0.1, -0.05) is 25.5 Å². The van der Waals surface area contributed by atoms with Crippen molar-refractivity contribution in [2.24, 2.45) is 0 Å². The highest BCUT2D eigenvalue weighted by Gasteiger charge is 2.14. The Morgan fingerprint density at radius 3 is 2.59 bits per heavy atom. The van der Waals surface area contributed by atoms with Gasteiger partial charge in [-0.15, -0.1) is 0 Å². The quantitative estimate of drug-likeness (QED) is 0.838. The predicted molar refractivity (Wildman–Crippen MR) is 66.2 cm³/mol. The van der Waals surface area contributed by atoms with Crippen LogP contribution in [0, 0.1) is 0 Å². The number of benzene rings is 1. The maximum atomic E-state index is 11.7. The van der Waals surface area contributed by atoms with Gasteiger partial charge in [-0.05, 0) is 18.6 Å². The third kappa shape index (κ3) is 4.07. The number of carbonyl (C=O) groups excluding carboxylic acids is 1. The molecule has 1 amide bonds. The summed E-state index contributed by atoms with van der Waals surface area (Å²) in [4.78, 5) is 11.0. The average molecular weight is 255 g/mol. The van der Waals surface area contributed by atoms with E-state index >= 15 is 0 Å². The summed E-state index contributed by atoms with van der Waals surface area (Å²) in [5.74, 6) is -0.886. The predicted octanol–water partition coefficient (Wildman–Crippen LogP) is 1.65. The zero-order chi connectivity index (χ0) is 12.9. The Kier molecular flexibility index (Phi) is 4.51. The molecule has 0 atom stereocenters. The fourth-order valence-corrected chi connectivity index (χ4v) is 2.61. The molecule has 0 aromatic heterocycles. The van der Waals surface area contributed by atoms with Gasteiger partial charge in [0.05, 0.1) is 17.0 Å². The van der Waals surface area contributed by atoms with E-state index in [9.17, 15) is 13.2 Å². The largest absolute Gasteiger partial charge is 0.283 e. The minimum atomic E-state index is -3.44. The molecule has 0 saturated heterocycles. The van der Waals surface area contributed by atoms with Crippen molar-refractivity contribution in [1.82, 2.24) is 5.73 Å². The van der Waals surface area contributed by atoms with Gasteiger partial charge in [0.15, 0.2) is 0 Å². The fourth-order valence-electron chi connectivity index (χ4n) is 1.32. The van der Waals surface area contributed by atoms with Crippen LogP contribution in [0.3, 0.4) is 0 Å². The number of anilines is 1. The Labute approximate surface area is 101 Å². The summed E-state index contributed by atoms with van der Waals surface area (Å²) in [6.45, 7) is 1.90. The van der Waals surface area contributed by atoms with Crippen molar-refractivity contribution in [3.8, 4) is 0 Å². The van der Waals surface area contributed by atoms with Gasteiger partial charge in [0.25, 0.3) is 5.91 Å². The normalized spacial score (nSPS) is 11.1. The van der Waals surface area contributed by atoms with Crippen LogP contribution in [0.5, 0.6) is 0 Å². The van der Waals surface area contributed by atoms with Crippen molar-refractivity contribution in [3.63, 3.8) is 0 Å². The van der Waals surface area contributed by atoms with Crippen LogP contribution in [0.4, 0.5) is 5.69 Å². The number of nitrogens with one attached hydrogen (secondary N) is 2. The highest BCUT2D eigenvalue weighted by atomic mass is 32.2. The summed E-state index contributed by atoms with van der Waals surface area (Å²) in [6, 6.07) is 6.11. The first-order chi connectivity index (χ1) is 7.96. The summed E-state index contributed by atoms with van der Waals surface area (Å²) < 4.78 is 25.6. The molecule has 0 spiro atoms. The molecule has 0 bridgehead atoms. The van der Waals surface area contributed by atoms with Crippen molar-refractivity contribution >= 4 is 21.6 Å². The molecule has 0 heterocycles. The number of unbranched alkanes of at least 4 members (excludes halogenated alkanes) is 1. The Morgan fingerprint density at radius 1 is 1.35 bits per heavy atom. The van der Waals surface area contributed by atoms with Crippen molar-refractivity contribution in [2.45, 2.75) is 19.8 Å². The van der Waals surface area contributed by atoms with E-state index < -0.39 is 15.9 Å². The second-order valence-electron chi connectivity index (χ2n) is 3.65. The molecule has 6 heteroatoms. The van der Waals surface area contributed by atoms with Crippen LogP contribution in [0.25, 0.3) is 0 Å². The number of carbonyl (C=O) groups is 1.